The van der Waals surface area contributed by atoms with Gasteiger partial charge in [-0.2, -0.15) is 0 Å². The van der Waals surface area contributed by atoms with E-state index in [-0.39, 0.29) is 63.8 Å². The SMILES string of the molecule is CCCCCCCCCCC(C)CN(CCCC(C)C(C)C(=O)OC(C(=O)OCc1ccccc1)C(C)CCCN(CC(CCCCCCCCCC)O[Si](C)(C)C(C)(C)C)CC(CCCCCCCCCC)O[Si](C)(C)C(C)(C)C)C[C@@H](CCCCCCCCCC)O[Si](C)(C)C(C)(C)C. The molecule has 0 heterocycles. The Bertz CT molecular complexity index is 2090. The van der Waals surface area contributed by atoms with Gasteiger partial charge in [-0.1, -0.05) is 354 Å². The molecule has 0 saturated heterocycles. The van der Waals surface area contributed by atoms with Crippen LogP contribution in [-0.4, -0.2) is 110 Å². The summed E-state index contributed by atoms with van der Waals surface area (Å²) in [6, 6.07) is 9.91. The van der Waals surface area contributed by atoms with Crippen molar-refractivity contribution in [2.75, 3.05) is 39.3 Å². The van der Waals surface area contributed by atoms with Crippen molar-refractivity contribution in [1.82, 2.24) is 9.80 Å². The van der Waals surface area contributed by atoms with E-state index in [0.717, 1.165) is 83.4 Å². The lowest BCUT2D eigenvalue weighted by Crippen LogP contribution is -2.50. The van der Waals surface area contributed by atoms with Gasteiger partial charge < -0.3 is 27.7 Å². The summed E-state index contributed by atoms with van der Waals surface area (Å²) in [4.78, 5) is 34.9. The molecule has 7 unspecified atom stereocenters. The average molecular weight is 1470 g/mol. The Morgan fingerprint density at radius 3 is 0.990 bits per heavy atom. The molecular formula is C89H176N2O7Si3. The minimum absolute atomic E-state index is 0.0696. The molecule has 9 nitrogen and oxygen atoms in total. The van der Waals surface area contributed by atoms with Crippen molar-refractivity contribution >= 4 is 36.9 Å². The van der Waals surface area contributed by atoms with Crippen molar-refractivity contribution in [2.45, 2.75) is 460 Å². The third-order valence-corrected chi connectivity index (χ3v) is 37.8. The van der Waals surface area contributed by atoms with Crippen molar-refractivity contribution in [2.24, 2.45) is 23.7 Å². The molecule has 0 aliphatic carbocycles. The van der Waals surface area contributed by atoms with Crippen molar-refractivity contribution in [1.29, 1.82) is 0 Å². The van der Waals surface area contributed by atoms with Crippen LogP contribution in [-0.2, 0) is 38.9 Å². The number of carbonyl (C=O) groups excluding carboxylic acids is 2. The highest BCUT2D eigenvalue weighted by Gasteiger charge is 2.43. The second-order valence-electron chi connectivity index (χ2n) is 37.2. The molecule has 0 saturated carbocycles. The fraction of sp³-hybridized carbons (Fsp3) is 0.910. The van der Waals surface area contributed by atoms with E-state index in [1.165, 1.54) is 212 Å². The van der Waals surface area contributed by atoms with Gasteiger partial charge >= 0.3 is 11.9 Å². The largest absolute Gasteiger partial charge is 0.458 e. The third kappa shape index (κ3) is 45.9. The molecule has 0 amide bonds. The van der Waals surface area contributed by atoms with Crippen LogP contribution >= 0.6 is 0 Å². The highest BCUT2D eigenvalue weighted by Crippen LogP contribution is 2.41. The summed E-state index contributed by atoms with van der Waals surface area (Å²) < 4.78 is 35.2. The number of rotatable bonds is 65. The maximum Gasteiger partial charge on any atom is 0.348 e. The van der Waals surface area contributed by atoms with E-state index in [1.807, 2.05) is 37.3 Å². The van der Waals surface area contributed by atoms with Crippen LogP contribution in [0.25, 0.3) is 0 Å². The van der Waals surface area contributed by atoms with Gasteiger partial charge in [0.2, 0.25) is 6.10 Å². The summed E-state index contributed by atoms with van der Waals surface area (Å²) in [7, 11) is -6.29. The standard InChI is InChI=1S/C89H176N2O7Si3/c1-24-28-32-36-40-44-48-53-61-76(5)71-90(72-81(96-99(18,19)87(9,10)11)66-56-49-45-41-37-33-29-25-2)69-59-62-77(6)79(8)85(92)95-84(86(93)94-75-80-64-54-52-55-65-80)78(7)63-60-70-91(73-82(97-100(20,21)88(12,13)14)67-57-50-46-42-38-34-30-26-3)74-83(98-101(22,23)89(15,16)17)68-58-51-47-43-39-35-31-27-4/h52,54-55,64-65,76-79,81-84H,24-51,53,56-63,66-75H2,1-23H3/t76?,77?,78?,79?,81-,82?,83?,84?/m1/s1. The molecule has 12 heteroatoms. The van der Waals surface area contributed by atoms with Crippen LogP contribution in [0.15, 0.2) is 30.3 Å². The first kappa shape index (κ1) is 97.6. The molecule has 0 aromatic heterocycles. The van der Waals surface area contributed by atoms with E-state index in [9.17, 15) is 9.59 Å². The minimum Gasteiger partial charge on any atom is -0.458 e. The number of hydrogen-bond acceptors (Lipinski definition) is 9. The molecule has 0 aliphatic heterocycles. The number of unbranched alkanes of at least 4 members (excludes halogenated alkanes) is 28. The Morgan fingerprint density at radius 1 is 0.366 bits per heavy atom. The molecule has 0 radical (unpaired) electrons. The summed E-state index contributed by atoms with van der Waals surface area (Å²) in [6.07, 6.45) is 49.5. The number of benzene rings is 1. The molecule has 0 aliphatic rings. The van der Waals surface area contributed by atoms with Crippen LogP contribution in [0.4, 0.5) is 0 Å². The number of esters is 2. The van der Waals surface area contributed by atoms with Gasteiger partial charge in [-0.25, -0.2) is 4.79 Å². The minimum atomic E-state index is -2.13. The lowest BCUT2D eigenvalue weighted by atomic mass is 9.91. The maximum absolute atomic E-state index is 14.8. The zero-order valence-electron chi connectivity index (χ0n) is 72.0. The third-order valence-electron chi connectivity index (χ3n) is 24.2. The zero-order valence-corrected chi connectivity index (χ0v) is 75.0. The van der Waals surface area contributed by atoms with E-state index in [2.05, 4.69) is 160 Å². The molecule has 1 aromatic rings. The molecular weight excluding hydrogens is 1290 g/mol. The topological polar surface area (TPSA) is 86.8 Å². The molecule has 8 atom stereocenters. The first-order valence-corrected chi connectivity index (χ1v) is 52.3. The quantitative estimate of drug-likeness (QED) is 0.0360. The maximum atomic E-state index is 14.8. The lowest BCUT2D eigenvalue weighted by molar-refractivity contribution is -0.175. The van der Waals surface area contributed by atoms with E-state index in [4.69, 9.17) is 22.8 Å². The van der Waals surface area contributed by atoms with E-state index in [1.54, 1.807) is 0 Å². The van der Waals surface area contributed by atoms with Gasteiger partial charge in [0.1, 0.15) is 6.61 Å². The van der Waals surface area contributed by atoms with E-state index in [0.29, 0.717) is 12.3 Å². The predicted molar refractivity (Wildman–Crippen MR) is 449 cm³/mol. The number of carbonyl (C=O) groups is 2. The normalized spacial score (nSPS) is 15.4. The Morgan fingerprint density at radius 2 is 0.663 bits per heavy atom. The summed E-state index contributed by atoms with van der Waals surface area (Å²) >= 11 is 0. The fourth-order valence-corrected chi connectivity index (χ4v) is 17.9. The summed E-state index contributed by atoms with van der Waals surface area (Å²) in [5.41, 5.74) is 0.918. The van der Waals surface area contributed by atoms with Crippen molar-refractivity contribution in [3.8, 4) is 0 Å². The molecule has 0 fully saturated rings. The first-order valence-electron chi connectivity index (χ1n) is 43.5. The van der Waals surface area contributed by atoms with Crippen LogP contribution in [0.3, 0.4) is 0 Å². The van der Waals surface area contributed by atoms with Crippen LogP contribution in [0.2, 0.25) is 54.4 Å². The monoisotopic (exact) mass is 1470 g/mol. The summed E-state index contributed by atoms with van der Waals surface area (Å²) in [5.74, 6) is -0.715. The van der Waals surface area contributed by atoms with Crippen LogP contribution in [0.5, 0.6) is 0 Å². The number of nitrogens with zero attached hydrogens (tertiary/aromatic N) is 2. The van der Waals surface area contributed by atoms with Gasteiger partial charge in [-0.05, 0) is 136 Å². The van der Waals surface area contributed by atoms with E-state index < -0.39 is 37.0 Å². The van der Waals surface area contributed by atoms with Crippen molar-refractivity contribution in [3.63, 3.8) is 0 Å². The number of ether oxygens (including phenoxy) is 2. The van der Waals surface area contributed by atoms with Gasteiger partial charge in [0, 0.05) is 32.1 Å². The first-order chi connectivity index (χ1) is 47.6. The van der Waals surface area contributed by atoms with Crippen molar-refractivity contribution < 1.29 is 32.3 Å². The summed E-state index contributed by atoms with van der Waals surface area (Å²) in [6.45, 7) is 59.8. The van der Waals surface area contributed by atoms with Gasteiger partial charge in [-0.15, -0.1) is 0 Å². The second kappa shape index (κ2) is 55.1. The predicted octanol–water partition coefficient (Wildman–Crippen LogP) is 27.6. The Kier molecular flexibility index (Phi) is 53.2. The van der Waals surface area contributed by atoms with Gasteiger partial charge in [0.25, 0.3) is 0 Å². The summed E-state index contributed by atoms with van der Waals surface area (Å²) in [5, 5.41) is 0.325. The Balaban J connectivity index is 3.67. The van der Waals surface area contributed by atoms with Crippen molar-refractivity contribution in [3.05, 3.63) is 35.9 Å². The molecule has 596 valence electrons. The highest BCUT2D eigenvalue weighted by molar-refractivity contribution is 6.75. The average Bonchev–Trinajstić information content (AvgIpc) is 0.840. The smallest absolute Gasteiger partial charge is 0.348 e. The molecule has 0 bridgehead atoms. The van der Waals surface area contributed by atoms with Gasteiger partial charge in [-0.3, -0.25) is 9.69 Å². The molecule has 1 rings (SSSR count). The van der Waals surface area contributed by atoms with Gasteiger partial charge in [0.15, 0.2) is 25.0 Å². The van der Waals surface area contributed by atoms with Crippen LogP contribution < -0.4 is 0 Å². The Labute approximate surface area is 634 Å². The number of hydrogen-bond donors (Lipinski definition) is 0. The van der Waals surface area contributed by atoms with Crippen LogP contribution in [0, 0.1) is 23.7 Å². The van der Waals surface area contributed by atoms with E-state index >= 15 is 0 Å². The highest BCUT2D eigenvalue weighted by atomic mass is 28.4. The second-order valence-corrected chi connectivity index (χ2v) is 51.4. The molecule has 0 N–H and O–H groups in total. The lowest BCUT2D eigenvalue weighted by Gasteiger charge is -2.43. The molecule has 1 aromatic carbocycles. The fourth-order valence-electron chi connectivity index (χ4n) is 13.7. The van der Waals surface area contributed by atoms with Crippen LogP contribution in [0.1, 0.15) is 380 Å². The molecule has 101 heavy (non-hydrogen) atoms. The Hall–Kier alpha value is -1.39. The zero-order chi connectivity index (χ0) is 75.8. The van der Waals surface area contributed by atoms with Gasteiger partial charge in [0.05, 0.1) is 24.2 Å². The molecule has 0 spiro atoms.